The molecule has 10 heteroatoms. The quantitative estimate of drug-likeness (QED) is 0.125. The molecule has 0 bridgehead atoms. The second kappa shape index (κ2) is 15.6. The van der Waals surface area contributed by atoms with Crippen LogP contribution in [-0.4, -0.2) is 48.0 Å². The Bertz CT molecular complexity index is 1420. The summed E-state index contributed by atoms with van der Waals surface area (Å²) >= 11 is 0. The Kier molecular flexibility index (Phi) is 12.6. The Morgan fingerprint density at radius 1 is 0.913 bits per heavy atom. The SMILES string of the molecule is CCCCCc1ccc(-c2cc3ccc(OCC(O)CC(O)COC(=O)C(CC(C)(C)C)C(C)(C)C)cc3o2)c(OC(F)(F)F)c1. The molecule has 256 valence electrons. The van der Waals surface area contributed by atoms with Crippen molar-refractivity contribution in [3.63, 3.8) is 0 Å². The highest BCUT2D eigenvalue weighted by atomic mass is 19.4. The molecule has 0 amide bonds. The molecule has 3 aromatic rings. The van der Waals surface area contributed by atoms with Crippen molar-refractivity contribution in [2.45, 2.75) is 106 Å². The van der Waals surface area contributed by atoms with Gasteiger partial charge in [0.15, 0.2) is 0 Å². The van der Waals surface area contributed by atoms with Crippen LogP contribution in [0.15, 0.2) is 46.9 Å². The zero-order valence-corrected chi connectivity index (χ0v) is 28.0. The molecule has 0 aliphatic rings. The first-order valence-electron chi connectivity index (χ1n) is 15.9. The van der Waals surface area contributed by atoms with Crippen molar-refractivity contribution in [3.05, 3.63) is 48.0 Å². The van der Waals surface area contributed by atoms with E-state index < -0.39 is 18.6 Å². The van der Waals surface area contributed by atoms with Crippen molar-refractivity contribution < 1.29 is 46.8 Å². The van der Waals surface area contributed by atoms with E-state index in [1.54, 1.807) is 36.4 Å². The van der Waals surface area contributed by atoms with Crippen LogP contribution in [0.5, 0.6) is 11.5 Å². The number of aryl methyl sites for hydroxylation is 1. The predicted molar refractivity (Wildman–Crippen MR) is 172 cm³/mol. The summed E-state index contributed by atoms with van der Waals surface area (Å²) < 4.78 is 61.1. The first-order chi connectivity index (χ1) is 21.3. The highest BCUT2D eigenvalue weighted by molar-refractivity contribution is 5.85. The molecule has 2 N–H and O–H groups in total. The number of benzene rings is 2. The molecule has 0 radical (unpaired) electrons. The molecule has 46 heavy (non-hydrogen) atoms. The van der Waals surface area contributed by atoms with Crippen molar-refractivity contribution in [3.8, 4) is 22.8 Å². The number of hydrogen-bond acceptors (Lipinski definition) is 7. The molecule has 2 aromatic carbocycles. The smallest absolute Gasteiger partial charge is 0.491 e. The Balaban J connectivity index is 1.62. The van der Waals surface area contributed by atoms with E-state index in [-0.39, 0.29) is 59.4 Å². The lowest BCUT2D eigenvalue weighted by Crippen LogP contribution is -2.35. The minimum atomic E-state index is -4.86. The van der Waals surface area contributed by atoms with E-state index in [0.29, 0.717) is 29.6 Å². The van der Waals surface area contributed by atoms with E-state index in [1.807, 2.05) is 20.8 Å². The predicted octanol–water partition coefficient (Wildman–Crippen LogP) is 8.86. The highest BCUT2D eigenvalue weighted by Crippen LogP contribution is 2.39. The van der Waals surface area contributed by atoms with Crippen LogP contribution in [0.2, 0.25) is 0 Å². The lowest BCUT2D eigenvalue weighted by atomic mass is 9.72. The summed E-state index contributed by atoms with van der Waals surface area (Å²) in [5.41, 5.74) is 0.915. The topological polar surface area (TPSA) is 98.4 Å². The summed E-state index contributed by atoms with van der Waals surface area (Å²) in [4.78, 5) is 12.8. The molecule has 0 spiro atoms. The fourth-order valence-electron chi connectivity index (χ4n) is 5.22. The van der Waals surface area contributed by atoms with Gasteiger partial charge in [0.2, 0.25) is 0 Å². The van der Waals surface area contributed by atoms with Crippen molar-refractivity contribution in [1.29, 1.82) is 0 Å². The van der Waals surface area contributed by atoms with Gasteiger partial charge in [-0.3, -0.25) is 4.79 Å². The Morgan fingerprint density at radius 3 is 2.24 bits per heavy atom. The standard InChI is InChI=1S/C36H49F3O7/c1-8-9-10-11-23-12-15-28(32(16-23)46-36(37,38)39)31-17-24-13-14-27(19-30(24)45-31)43-21-25(40)18-26(41)22-44-33(42)29(35(5,6)7)20-34(2,3)4/h12-17,19,25-26,29,40-41H,8-11,18,20-22H2,1-7H3. The van der Waals surface area contributed by atoms with E-state index in [9.17, 15) is 28.2 Å². The molecule has 3 unspecified atom stereocenters. The number of carbonyl (C=O) groups is 1. The molecule has 0 aliphatic carbocycles. The molecular weight excluding hydrogens is 601 g/mol. The van der Waals surface area contributed by atoms with Crippen LogP contribution in [0, 0.1) is 16.7 Å². The second-order valence-corrected chi connectivity index (χ2v) is 14.3. The maximum absolute atomic E-state index is 13.2. The van der Waals surface area contributed by atoms with E-state index >= 15 is 0 Å². The zero-order chi connectivity index (χ0) is 34.3. The van der Waals surface area contributed by atoms with E-state index in [4.69, 9.17) is 13.9 Å². The number of unbranched alkanes of at least 4 members (excludes halogenated alkanes) is 2. The van der Waals surface area contributed by atoms with Crippen LogP contribution in [0.25, 0.3) is 22.3 Å². The van der Waals surface area contributed by atoms with Gasteiger partial charge < -0.3 is 28.8 Å². The minimum Gasteiger partial charge on any atom is -0.491 e. The number of hydrogen-bond donors (Lipinski definition) is 2. The lowest BCUT2D eigenvalue weighted by Gasteiger charge is -2.34. The molecular formula is C36H49F3O7. The fraction of sp³-hybridized carbons (Fsp3) is 0.583. The number of esters is 1. The van der Waals surface area contributed by atoms with Crippen LogP contribution in [0.4, 0.5) is 13.2 Å². The summed E-state index contributed by atoms with van der Waals surface area (Å²) in [5.74, 6) is -0.475. The second-order valence-electron chi connectivity index (χ2n) is 14.3. The maximum atomic E-state index is 13.2. The largest absolute Gasteiger partial charge is 0.573 e. The van der Waals surface area contributed by atoms with Crippen LogP contribution < -0.4 is 9.47 Å². The van der Waals surface area contributed by atoms with Crippen LogP contribution in [0.1, 0.15) is 86.1 Å². The normalized spacial score (nSPS) is 14.6. The van der Waals surface area contributed by atoms with Crippen molar-refractivity contribution in [1.82, 2.24) is 0 Å². The fourth-order valence-corrected chi connectivity index (χ4v) is 5.22. The Hall–Kier alpha value is -3.24. The number of carbonyl (C=O) groups excluding carboxylic acids is 1. The lowest BCUT2D eigenvalue weighted by molar-refractivity contribution is -0.274. The van der Waals surface area contributed by atoms with Gasteiger partial charge in [0.25, 0.3) is 0 Å². The molecule has 3 rings (SSSR count). The van der Waals surface area contributed by atoms with Crippen LogP contribution in [0.3, 0.4) is 0 Å². The first-order valence-corrected chi connectivity index (χ1v) is 15.9. The number of aliphatic hydroxyl groups is 2. The van der Waals surface area contributed by atoms with Gasteiger partial charge >= 0.3 is 12.3 Å². The van der Waals surface area contributed by atoms with Gasteiger partial charge in [0, 0.05) is 17.9 Å². The number of alkyl halides is 3. The zero-order valence-electron chi connectivity index (χ0n) is 28.0. The number of aliphatic hydroxyl groups excluding tert-OH is 2. The number of halogens is 3. The molecule has 1 aromatic heterocycles. The Morgan fingerprint density at radius 2 is 1.61 bits per heavy atom. The van der Waals surface area contributed by atoms with Crippen molar-refractivity contribution in [2.75, 3.05) is 13.2 Å². The van der Waals surface area contributed by atoms with Gasteiger partial charge in [-0.2, -0.15) is 0 Å². The minimum absolute atomic E-state index is 0.0731. The number of furan rings is 1. The third-order valence-corrected chi connectivity index (χ3v) is 7.65. The van der Waals surface area contributed by atoms with Crippen molar-refractivity contribution in [2.24, 2.45) is 16.7 Å². The molecule has 0 fully saturated rings. The van der Waals surface area contributed by atoms with E-state index in [1.165, 1.54) is 6.07 Å². The summed E-state index contributed by atoms with van der Waals surface area (Å²) in [6.07, 6.45) is -2.94. The van der Waals surface area contributed by atoms with Gasteiger partial charge in [-0.15, -0.1) is 13.2 Å². The summed E-state index contributed by atoms with van der Waals surface area (Å²) in [5, 5.41) is 21.5. The maximum Gasteiger partial charge on any atom is 0.573 e. The molecule has 7 nitrogen and oxygen atoms in total. The number of fused-ring (bicyclic) bond motifs is 1. The van der Waals surface area contributed by atoms with Crippen molar-refractivity contribution >= 4 is 16.9 Å². The number of rotatable bonds is 15. The number of ether oxygens (including phenoxy) is 3. The average molecular weight is 651 g/mol. The Labute approximate surface area is 270 Å². The van der Waals surface area contributed by atoms with Crippen LogP contribution >= 0.6 is 0 Å². The van der Waals surface area contributed by atoms with Gasteiger partial charge in [-0.1, -0.05) is 67.4 Å². The average Bonchev–Trinajstić information content (AvgIpc) is 3.35. The van der Waals surface area contributed by atoms with E-state index in [2.05, 4.69) is 32.4 Å². The molecule has 3 atom stereocenters. The first kappa shape index (κ1) is 37.2. The van der Waals surface area contributed by atoms with Gasteiger partial charge in [0.05, 0.1) is 23.7 Å². The van der Waals surface area contributed by atoms with Crippen LogP contribution in [-0.2, 0) is 16.0 Å². The monoisotopic (exact) mass is 650 g/mol. The van der Waals surface area contributed by atoms with Gasteiger partial charge in [-0.25, -0.2) is 0 Å². The van der Waals surface area contributed by atoms with Gasteiger partial charge in [0.1, 0.15) is 36.1 Å². The third-order valence-electron chi connectivity index (χ3n) is 7.65. The molecule has 0 aliphatic heterocycles. The van der Waals surface area contributed by atoms with E-state index in [0.717, 1.165) is 24.8 Å². The molecule has 0 saturated heterocycles. The molecule has 0 saturated carbocycles. The highest BCUT2D eigenvalue weighted by Gasteiger charge is 2.36. The van der Waals surface area contributed by atoms with Gasteiger partial charge in [-0.05, 0) is 66.0 Å². The molecule has 1 heterocycles. The summed E-state index contributed by atoms with van der Waals surface area (Å²) in [7, 11) is 0. The summed E-state index contributed by atoms with van der Waals surface area (Å²) in [6, 6.07) is 11.3. The summed E-state index contributed by atoms with van der Waals surface area (Å²) in [6.45, 7) is 13.8. The third kappa shape index (κ3) is 11.8.